The molecule has 0 bridgehead atoms. The molecule has 0 aliphatic heterocycles. The molecule has 1 atom stereocenters. The number of hydrogen-bond donors (Lipinski definition) is 1. The van der Waals surface area contributed by atoms with Gasteiger partial charge in [0.05, 0.1) is 6.04 Å². The predicted octanol–water partition coefficient (Wildman–Crippen LogP) is 2.40. The number of rotatable bonds is 6. The smallest absolute Gasteiger partial charge is 0.223 e. The second kappa shape index (κ2) is 6.66. The van der Waals surface area contributed by atoms with Gasteiger partial charge in [0, 0.05) is 12.3 Å². The topological polar surface area (TPSA) is 46.2 Å². The van der Waals surface area contributed by atoms with Crippen LogP contribution in [-0.2, 0) is 9.59 Å². The zero-order chi connectivity index (χ0) is 12.9. The summed E-state index contributed by atoms with van der Waals surface area (Å²) in [7, 11) is 0. The number of nitrogens with one attached hydrogen (secondary N) is 1. The monoisotopic (exact) mass is 227 g/mol. The molecule has 0 fully saturated rings. The van der Waals surface area contributed by atoms with Crippen molar-refractivity contribution in [2.24, 2.45) is 17.8 Å². The van der Waals surface area contributed by atoms with Gasteiger partial charge >= 0.3 is 0 Å². The van der Waals surface area contributed by atoms with Crippen LogP contribution in [0.3, 0.4) is 0 Å². The number of amides is 1. The summed E-state index contributed by atoms with van der Waals surface area (Å²) < 4.78 is 0. The largest absolute Gasteiger partial charge is 0.346 e. The zero-order valence-corrected chi connectivity index (χ0v) is 11.3. The average molecular weight is 227 g/mol. The molecule has 3 nitrogen and oxygen atoms in total. The highest BCUT2D eigenvalue weighted by Gasteiger charge is 2.25. The predicted molar refractivity (Wildman–Crippen MR) is 66.1 cm³/mol. The number of Topliss-reactive ketones (excluding diaryl/α,β-unsaturated/α-hetero) is 1. The van der Waals surface area contributed by atoms with Crippen LogP contribution in [0.4, 0.5) is 0 Å². The molecule has 94 valence electrons. The van der Waals surface area contributed by atoms with Crippen molar-refractivity contribution in [2.75, 3.05) is 0 Å². The molecule has 0 radical (unpaired) electrons. The van der Waals surface area contributed by atoms with E-state index in [4.69, 9.17) is 0 Å². The Morgan fingerprint density at radius 2 is 1.50 bits per heavy atom. The molecule has 0 aromatic heterocycles. The molecule has 1 amide bonds. The quantitative estimate of drug-likeness (QED) is 0.757. The Balaban J connectivity index is 4.50. The standard InChI is InChI=1S/C13H25NO2/c1-8(2)7-11(15)12(9(3)4)14-13(16)10(5)6/h8-10,12H,7H2,1-6H3,(H,14,16). The van der Waals surface area contributed by atoms with Crippen molar-refractivity contribution < 1.29 is 9.59 Å². The van der Waals surface area contributed by atoms with Crippen molar-refractivity contribution in [3.05, 3.63) is 0 Å². The molecule has 0 spiro atoms. The Kier molecular flexibility index (Phi) is 6.31. The van der Waals surface area contributed by atoms with E-state index in [1.54, 1.807) is 0 Å². The van der Waals surface area contributed by atoms with Gasteiger partial charge in [0.1, 0.15) is 0 Å². The third-order valence-electron chi connectivity index (χ3n) is 2.45. The summed E-state index contributed by atoms with van der Waals surface area (Å²) in [6.07, 6.45) is 0.529. The summed E-state index contributed by atoms with van der Waals surface area (Å²) >= 11 is 0. The van der Waals surface area contributed by atoms with Gasteiger partial charge in [0.2, 0.25) is 5.91 Å². The van der Waals surface area contributed by atoms with Gasteiger partial charge in [-0.15, -0.1) is 0 Å². The normalized spacial score (nSPS) is 13.3. The fraction of sp³-hybridized carbons (Fsp3) is 0.846. The highest BCUT2D eigenvalue weighted by molar-refractivity contribution is 5.89. The second-order valence-corrected chi connectivity index (χ2v) is 5.45. The van der Waals surface area contributed by atoms with Crippen LogP contribution < -0.4 is 5.32 Å². The van der Waals surface area contributed by atoms with Crippen LogP contribution in [0.5, 0.6) is 0 Å². The van der Waals surface area contributed by atoms with Crippen LogP contribution in [0.15, 0.2) is 0 Å². The minimum Gasteiger partial charge on any atom is -0.346 e. The van der Waals surface area contributed by atoms with Gasteiger partial charge in [0.15, 0.2) is 5.78 Å². The van der Waals surface area contributed by atoms with Gasteiger partial charge in [-0.25, -0.2) is 0 Å². The summed E-state index contributed by atoms with van der Waals surface area (Å²) in [6.45, 7) is 11.6. The molecule has 0 aromatic carbocycles. The van der Waals surface area contributed by atoms with Crippen LogP contribution in [0, 0.1) is 17.8 Å². The van der Waals surface area contributed by atoms with Gasteiger partial charge < -0.3 is 5.32 Å². The minimum atomic E-state index is -0.336. The third kappa shape index (κ3) is 5.29. The molecular weight excluding hydrogens is 202 g/mol. The third-order valence-corrected chi connectivity index (χ3v) is 2.45. The van der Waals surface area contributed by atoms with E-state index in [-0.39, 0.29) is 29.6 Å². The van der Waals surface area contributed by atoms with E-state index in [0.29, 0.717) is 12.3 Å². The molecule has 1 N–H and O–H groups in total. The Bertz CT molecular complexity index is 244. The summed E-state index contributed by atoms with van der Waals surface area (Å²) in [4.78, 5) is 23.5. The molecule has 0 rings (SSSR count). The molecule has 3 heteroatoms. The maximum Gasteiger partial charge on any atom is 0.223 e. The SMILES string of the molecule is CC(C)CC(=O)C(NC(=O)C(C)C)C(C)C. The number of carbonyl (C=O) groups excluding carboxylic acids is 2. The molecule has 0 saturated heterocycles. The van der Waals surface area contributed by atoms with Crippen LogP contribution in [-0.4, -0.2) is 17.7 Å². The number of ketones is 1. The van der Waals surface area contributed by atoms with E-state index in [1.165, 1.54) is 0 Å². The summed E-state index contributed by atoms with van der Waals surface area (Å²) in [6, 6.07) is -0.336. The Morgan fingerprint density at radius 3 is 1.81 bits per heavy atom. The maximum atomic E-state index is 11.9. The Labute approximate surface area is 99.0 Å². The summed E-state index contributed by atoms with van der Waals surface area (Å²) in [5, 5.41) is 2.83. The van der Waals surface area contributed by atoms with E-state index >= 15 is 0 Å². The van der Waals surface area contributed by atoms with Crippen molar-refractivity contribution >= 4 is 11.7 Å². The minimum absolute atomic E-state index is 0.0455. The van der Waals surface area contributed by atoms with Crippen molar-refractivity contribution in [3.63, 3.8) is 0 Å². The fourth-order valence-corrected chi connectivity index (χ4v) is 1.47. The van der Waals surface area contributed by atoms with Crippen LogP contribution in [0.2, 0.25) is 0 Å². The first-order chi connectivity index (χ1) is 7.25. The summed E-state index contributed by atoms with van der Waals surface area (Å²) in [5.74, 6) is 0.501. The lowest BCUT2D eigenvalue weighted by molar-refractivity contribution is -0.130. The fourth-order valence-electron chi connectivity index (χ4n) is 1.47. The molecule has 0 saturated carbocycles. The molecule has 0 aromatic rings. The molecule has 16 heavy (non-hydrogen) atoms. The van der Waals surface area contributed by atoms with Crippen LogP contribution >= 0.6 is 0 Å². The van der Waals surface area contributed by atoms with Gasteiger partial charge in [-0.05, 0) is 11.8 Å². The van der Waals surface area contributed by atoms with Crippen molar-refractivity contribution in [2.45, 2.75) is 54.0 Å². The lowest BCUT2D eigenvalue weighted by atomic mass is 9.93. The second-order valence-electron chi connectivity index (χ2n) is 5.45. The molecule has 1 unspecified atom stereocenters. The van der Waals surface area contributed by atoms with E-state index in [1.807, 2.05) is 41.5 Å². The zero-order valence-electron chi connectivity index (χ0n) is 11.3. The van der Waals surface area contributed by atoms with Crippen molar-refractivity contribution in [3.8, 4) is 0 Å². The maximum absolute atomic E-state index is 11.9. The van der Waals surface area contributed by atoms with Gasteiger partial charge in [-0.3, -0.25) is 9.59 Å². The van der Waals surface area contributed by atoms with E-state index in [9.17, 15) is 9.59 Å². The van der Waals surface area contributed by atoms with E-state index in [0.717, 1.165) is 0 Å². The van der Waals surface area contributed by atoms with Crippen LogP contribution in [0.25, 0.3) is 0 Å². The molecular formula is C13H25NO2. The first-order valence-electron chi connectivity index (χ1n) is 6.08. The molecule has 0 heterocycles. The first kappa shape index (κ1) is 15.1. The Hall–Kier alpha value is -0.860. The molecule has 0 aliphatic carbocycles. The van der Waals surface area contributed by atoms with E-state index < -0.39 is 0 Å². The van der Waals surface area contributed by atoms with Crippen LogP contribution in [0.1, 0.15) is 48.0 Å². The van der Waals surface area contributed by atoms with Gasteiger partial charge in [-0.1, -0.05) is 41.5 Å². The lowest BCUT2D eigenvalue weighted by Gasteiger charge is -2.23. The number of carbonyl (C=O) groups is 2. The summed E-state index contributed by atoms with van der Waals surface area (Å²) in [5.41, 5.74) is 0. The first-order valence-corrected chi connectivity index (χ1v) is 6.08. The highest BCUT2D eigenvalue weighted by Crippen LogP contribution is 2.10. The Morgan fingerprint density at radius 1 is 1.00 bits per heavy atom. The number of hydrogen-bond acceptors (Lipinski definition) is 2. The average Bonchev–Trinajstić information content (AvgIpc) is 2.11. The molecule has 0 aliphatic rings. The van der Waals surface area contributed by atoms with Crippen molar-refractivity contribution in [1.82, 2.24) is 5.32 Å². The highest BCUT2D eigenvalue weighted by atomic mass is 16.2. The van der Waals surface area contributed by atoms with Gasteiger partial charge in [-0.2, -0.15) is 0 Å². The van der Waals surface area contributed by atoms with Gasteiger partial charge in [0.25, 0.3) is 0 Å². The van der Waals surface area contributed by atoms with Crippen molar-refractivity contribution in [1.29, 1.82) is 0 Å². The van der Waals surface area contributed by atoms with E-state index in [2.05, 4.69) is 5.32 Å². The lowest BCUT2D eigenvalue weighted by Crippen LogP contribution is -2.46.